The van der Waals surface area contributed by atoms with Crippen molar-refractivity contribution in [1.29, 1.82) is 0 Å². The Hall–Kier alpha value is -2.86. The van der Waals surface area contributed by atoms with Crippen molar-refractivity contribution in [2.75, 3.05) is 0 Å². The SMILES string of the molecule is C/C=C/C=C\C=C/c1ccc(-c2cccc3ccccc23)cc1. The van der Waals surface area contributed by atoms with E-state index < -0.39 is 0 Å². The van der Waals surface area contributed by atoms with E-state index in [9.17, 15) is 0 Å². The molecule has 0 radical (unpaired) electrons. The van der Waals surface area contributed by atoms with Crippen LogP contribution in [0.25, 0.3) is 28.0 Å². The van der Waals surface area contributed by atoms with Gasteiger partial charge in [-0.1, -0.05) is 103 Å². The van der Waals surface area contributed by atoms with Crippen molar-refractivity contribution in [2.24, 2.45) is 0 Å². The molecule has 3 aromatic rings. The van der Waals surface area contributed by atoms with Crippen LogP contribution in [0.4, 0.5) is 0 Å². The lowest BCUT2D eigenvalue weighted by Crippen LogP contribution is -1.81. The van der Waals surface area contributed by atoms with Gasteiger partial charge in [0, 0.05) is 0 Å². The van der Waals surface area contributed by atoms with E-state index in [1.807, 2.05) is 31.2 Å². The Morgan fingerprint density at radius 1 is 0.652 bits per heavy atom. The first-order valence-electron chi connectivity index (χ1n) is 7.93. The van der Waals surface area contributed by atoms with Gasteiger partial charge in [-0.25, -0.2) is 0 Å². The van der Waals surface area contributed by atoms with E-state index in [-0.39, 0.29) is 0 Å². The maximum atomic E-state index is 2.19. The standard InChI is InChI=1S/C23H20/c1-2-3-4-5-6-10-19-15-17-21(18-16-19)23-14-9-12-20-11-7-8-13-22(20)23/h2-18H,1H3/b3-2+,5-4-,10-6-. The number of rotatable bonds is 4. The van der Waals surface area contributed by atoms with Gasteiger partial charge in [0.25, 0.3) is 0 Å². The molecule has 0 aliphatic carbocycles. The van der Waals surface area contributed by atoms with Crippen molar-refractivity contribution < 1.29 is 0 Å². The van der Waals surface area contributed by atoms with Crippen molar-refractivity contribution in [3.05, 3.63) is 103 Å². The summed E-state index contributed by atoms with van der Waals surface area (Å²) in [6.45, 7) is 2.01. The second-order valence-corrected chi connectivity index (χ2v) is 5.42. The fourth-order valence-electron chi connectivity index (χ4n) is 2.66. The molecule has 23 heavy (non-hydrogen) atoms. The first-order chi connectivity index (χ1) is 11.4. The zero-order valence-corrected chi connectivity index (χ0v) is 13.3. The van der Waals surface area contributed by atoms with Gasteiger partial charge in [-0.3, -0.25) is 0 Å². The van der Waals surface area contributed by atoms with E-state index in [4.69, 9.17) is 0 Å². The van der Waals surface area contributed by atoms with Crippen molar-refractivity contribution in [3.63, 3.8) is 0 Å². The molecule has 0 fully saturated rings. The highest BCUT2D eigenvalue weighted by Crippen LogP contribution is 2.28. The van der Waals surface area contributed by atoms with Gasteiger partial charge in [0.15, 0.2) is 0 Å². The normalized spacial score (nSPS) is 12.0. The molecule has 0 N–H and O–H groups in total. The summed E-state index contributed by atoms with van der Waals surface area (Å²) >= 11 is 0. The molecule has 0 aliphatic rings. The van der Waals surface area contributed by atoms with E-state index in [2.05, 4.69) is 78.9 Å². The van der Waals surface area contributed by atoms with Gasteiger partial charge in [0.05, 0.1) is 0 Å². The average molecular weight is 296 g/mol. The third kappa shape index (κ3) is 3.67. The first kappa shape index (κ1) is 15.1. The molecule has 3 aromatic carbocycles. The fraction of sp³-hybridized carbons (Fsp3) is 0.0435. The van der Waals surface area contributed by atoms with Crippen molar-refractivity contribution in [1.82, 2.24) is 0 Å². The van der Waals surface area contributed by atoms with E-state index in [1.54, 1.807) is 0 Å². The molecule has 0 atom stereocenters. The fourth-order valence-corrected chi connectivity index (χ4v) is 2.66. The lowest BCUT2D eigenvalue weighted by atomic mass is 9.97. The topological polar surface area (TPSA) is 0 Å². The van der Waals surface area contributed by atoms with Gasteiger partial charge in [-0.15, -0.1) is 0 Å². The van der Waals surface area contributed by atoms with Crippen LogP contribution in [0, 0.1) is 0 Å². The van der Waals surface area contributed by atoms with Crippen molar-refractivity contribution in [2.45, 2.75) is 6.92 Å². The van der Waals surface area contributed by atoms with Gasteiger partial charge in [0.1, 0.15) is 0 Å². The quantitative estimate of drug-likeness (QED) is 0.473. The lowest BCUT2D eigenvalue weighted by molar-refractivity contribution is 1.62. The molecule has 0 bridgehead atoms. The predicted molar refractivity (Wildman–Crippen MR) is 102 cm³/mol. The summed E-state index contributed by atoms with van der Waals surface area (Å²) in [6, 6.07) is 23.7. The number of fused-ring (bicyclic) bond motifs is 1. The van der Waals surface area contributed by atoms with Crippen molar-refractivity contribution >= 4 is 16.8 Å². The highest BCUT2D eigenvalue weighted by Gasteiger charge is 2.02. The van der Waals surface area contributed by atoms with Crippen molar-refractivity contribution in [3.8, 4) is 11.1 Å². The van der Waals surface area contributed by atoms with E-state index >= 15 is 0 Å². The second kappa shape index (κ2) is 7.42. The van der Waals surface area contributed by atoms with Gasteiger partial charge in [-0.05, 0) is 34.4 Å². The van der Waals surface area contributed by atoms with E-state index in [0.29, 0.717) is 0 Å². The molecule has 0 spiro atoms. The van der Waals surface area contributed by atoms with Crippen LogP contribution in [0.15, 0.2) is 97.1 Å². The van der Waals surface area contributed by atoms with Crippen LogP contribution in [0.5, 0.6) is 0 Å². The average Bonchev–Trinajstić information content (AvgIpc) is 2.62. The number of hydrogen-bond acceptors (Lipinski definition) is 0. The minimum Gasteiger partial charge on any atom is -0.0877 e. The maximum Gasteiger partial charge on any atom is -0.0105 e. The molecule has 0 heteroatoms. The third-order valence-corrected chi connectivity index (χ3v) is 3.83. The predicted octanol–water partition coefficient (Wildman–Crippen LogP) is 6.65. The van der Waals surface area contributed by atoms with E-state index in [1.165, 1.54) is 27.5 Å². The van der Waals surface area contributed by atoms with Crippen LogP contribution in [0.1, 0.15) is 12.5 Å². The number of hydrogen-bond donors (Lipinski definition) is 0. The molecule has 0 unspecified atom stereocenters. The Balaban J connectivity index is 1.87. The zero-order chi connectivity index (χ0) is 15.9. The third-order valence-electron chi connectivity index (χ3n) is 3.83. The van der Waals surface area contributed by atoms with Crippen LogP contribution in [-0.4, -0.2) is 0 Å². The first-order valence-corrected chi connectivity index (χ1v) is 7.93. The molecule has 0 amide bonds. The summed E-state index contributed by atoms with van der Waals surface area (Å²) in [6.07, 6.45) is 12.3. The molecule has 3 rings (SSSR count). The largest absolute Gasteiger partial charge is 0.0877 e. The molecule has 0 aliphatic heterocycles. The Morgan fingerprint density at radius 2 is 1.39 bits per heavy atom. The van der Waals surface area contributed by atoms with Crippen LogP contribution >= 0.6 is 0 Å². The van der Waals surface area contributed by atoms with Crippen LogP contribution in [0.3, 0.4) is 0 Å². The maximum absolute atomic E-state index is 2.19. The van der Waals surface area contributed by atoms with Gasteiger partial charge in [0.2, 0.25) is 0 Å². The lowest BCUT2D eigenvalue weighted by Gasteiger charge is -2.07. The number of benzene rings is 3. The molecular formula is C23H20. The highest BCUT2D eigenvalue weighted by atomic mass is 14.1. The highest BCUT2D eigenvalue weighted by molar-refractivity contribution is 5.96. The van der Waals surface area contributed by atoms with Crippen LogP contribution in [-0.2, 0) is 0 Å². The molecule has 0 nitrogen and oxygen atoms in total. The minimum absolute atomic E-state index is 1.21. The zero-order valence-electron chi connectivity index (χ0n) is 13.3. The van der Waals surface area contributed by atoms with Crippen LogP contribution < -0.4 is 0 Å². The Labute approximate surface area is 138 Å². The number of allylic oxidation sites excluding steroid dienone is 5. The molecule has 0 saturated carbocycles. The van der Waals surface area contributed by atoms with Crippen LogP contribution in [0.2, 0.25) is 0 Å². The summed E-state index contributed by atoms with van der Waals surface area (Å²) in [5.74, 6) is 0. The smallest absolute Gasteiger partial charge is 0.0105 e. The van der Waals surface area contributed by atoms with E-state index in [0.717, 1.165) is 0 Å². The summed E-state index contributed by atoms with van der Waals surface area (Å²) in [5.41, 5.74) is 3.74. The summed E-state index contributed by atoms with van der Waals surface area (Å²) < 4.78 is 0. The molecule has 112 valence electrons. The minimum atomic E-state index is 1.21. The molecule has 0 heterocycles. The summed E-state index contributed by atoms with van der Waals surface area (Å²) in [4.78, 5) is 0. The summed E-state index contributed by atoms with van der Waals surface area (Å²) in [5, 5.41) is 2.58. The van der Waals surface area contributed by atoms with Gasteiger partial charge < -0.3 is 0 Å². The van der Waals surface area contributed by atoms with Gasteiger partial charge in [-0.2, -0.15) is 0 Å². The second-order valence-electron chi connectivity index (χ2n) is 5.42. The Kier molecular flexibility index (Phi) is 4.85. The monoisotopic (exact) mass is 296 g/mol. The molecule has 0 saturated heterocycles. The molecular weight excluding hydrogens is 276 g/mol. The Morgan fingerprint density at radius 3 is 2.22 bits per heavy atom. The van der Waals surface area contributed by atoms with Gasteiger partial charge >= 0.3 is 0 Å². The Bertz CT molecular complexity index is 857. The summed E-state index contributed by atoms with van der Waals surface area (Å²) in [7, 11) is 0. The molecule has 0 aromatic heterocycles.